The van der Waals surface area contributed by atoms with Gasteiger partial charge in [-0.05, 0) is 13.8 Å². The third-order valence-corrected chi connectivity index (χ3v) is 5.03. The van der Waals surface area contributed by atoms with E-state index in [1.54, 1.807) is 13.8 Å². The van der Waals surface area contributed by atoms with Gasteiger partial charge in [0, 0.05) is 31.6 Å². The molecule has 0 bridgehead atoms. The number of alkyl halides is 4. The number of aromatic nitrogens is 5. The van der Waals surface area contributed by atoms with Gasteiger partial charge in [0.25, 0.3) is 0 Å². The number of hydrogen-bond donors (Lipinski definition) is 3. The van der Waals surface area contributed by atoms with Crippen LogP contribution in [0.3, 0.4) is 0 Å². The van der Waals surface area contributed by atoms with Crippen molar-refractivity contribution < 1.29 is 36.6 Å². The van der Waals surface area contributed by atoms with Gasteiger partial charge in [0.2, 0.25) is 5.95 Å². The second kappa shape index (κ2) is 9.65. The van der Waals surface area contributed by atoms with E-state index in [4.69, 9.17) is 14.2 Å². The second-order valence-electron chi connectivity index (χ2n) is 8.13. The summed E-state index contributed by atoms with van der Waals surface area (Å²) in [6.45, 7) is 3.32. The Morgan fingerprint density at radius 1 is 1.40 bits per heavy atom. The van der Waals surface area contributed by atoms with Gasteiger partial charge in [-0.25, -0.2) is 19.2 Å². The lowest BCUT2D eigenvalue weighted by Crippen LogP contribution is -2.36. The first-order valence-corrected chi connectivity index (χ1v) is 10.5. The fourth-order valence-electron chi connectivity index (χ4n) is 3.54. The van der Waals surface area contributed by atoms with Crippen LogP contribution in [0.25, 0.3) is 5.65 Å². The summed E-state index contributed by atoms with van der Waals surface area (Å²) in [4.78, 5) is 19.6. The van der Waals surface area contributed by atoms with Crippen molar-refractivity contribution in [2.45, 2.75) is 51.1 Å². The molecule has 4 rings (SSSR count). The van der Waals surface area contributed by atoms with Crippen LogP contribution in [0.15, 0.2) is 18.5 Å². The third-order valence-electron chi connectivity index (χ3n) is 5.03. The van der Waals surface area contributed by atoms with Crippen LogP contribution in [0.4, 0.5) is 34.1 Å². The van der Waals surface area contributed by atoms with E-state index in [1.165, 1.54) is 19.4 Å². The second-order valence-corrected chi connectivity index (χ2v) is 8.13. The summed E-state index contributed by atoms with van der Waals surface area (Å²) in [6.07, 6.45) is -7.26. The molecule has 1 aliphatic rings. The van der Waals surface area contributed by atoms with E-state index in [1.807, 2.05) is 0 Å². The van der Waals surface area contributed by atoms with Gasteiger partial charge in [-0.15, -0.1) is 0 Å². The Morgan fingerprint density at radius 2 is 2.17 bits per heavy atom. The van der Waals surface area contributed by atoms with E-state index in [0.717, 1.165) is 4.40 Å². The van der Waals surface area contributed by atoms with Gasteiger partial charge in [-0.2, -0.15) is 18.3 Å². The smallest absolute Gasteiger partial charge is 0.421 e. The molecule has 3 atom stereocenters. The number of alkyl carbamates (subject to hydrolysis) is 1. The molecule has 0 saturated carbocycles. The molecule has 35 heavy (non-hydrogen) atoms. The average molecular weight is 501 g/mol. The molecule has 1 aliphatic heterocycles. The number of nitrogens with one attached hydrogen (secondary N) is 3. The number of carbonyl (C=O) groups is 1. The molecule has 15 heteroatoms. The van der Waals surface area contributed by atoms with Gasteiger partial charge < -0.3 is 24.8 Å². The average Bonchev–Trinajstić information content (AvgIpc) is 3.47. The number of rotatable bonds is 7. The van der Waals surface area contributed by atoms with Gasteiger partial charge in [0.15, 0.2) is 23.7 Å². The van der Waals surface area contributed by atoms with Crippen LogP contribution in [0.1, 0.15) is 36.9 Å². The summed E-state index contributed by atoms with van der Waals surface area (Å²) in [6, 6.07) is 1.25. The normalized spacial score (nSPS) is 20.5. The lowest BCUT2D eigenvalue weighted by atomic mass is 10.1. The van der Waals surface area contributed by atoms with Crippen molar-refractivity contribution in [1.29, 1.82) is 0 Å². The van der Waals surface area contributed by atoms with Crippen LogP contribution < -0.4 is 10.6 Å². The molecule has 11 nitrogen and oxygen atoms in total. The number of halogens is 4. The molecule has 1 saturated heterocycles. The molecule has 4 heterocycles. The van der Waals surface area contributed by atoms with Crippen molar-refractivity contribution in [2.24, 2.45) is 0 Å². The number of hydrogen-bond acceptors (Lipinski definition) is 8. The number of carbonyl (C=O) groups excluding carboxylic acids is 1. The van der Waals surface area contributed by atoms with Gasteiger partial charge in [-0.3, -0.25) is 9.50 Å². The van der Waals surface area contributed by atoms with Crippen LogP contribution in [0.2, 0.25) is 0 Å². The Bertz CT molecular complexity index is 1200. The number of H-pyrrole nitrogens is 1. The summed E-state index contributed by atoms with van der Waals surface area (Å²) in [5, 5.41) is 11.9. The third kappa shape index (κ3) is 5.30. The standard InChI is InChI=1S/C20H23F4N7O4/c1-9(2)26-19(32)35-13-8-34-16(15(13)21)12-4-14(30-29-12)28-18-25-5-11(20(22,23)24)17-27-10(7-33-3)6-31(17)18/h4-6,9,13,15-16H,7-8H2,1-3H3,(H,26,32)(H2,25,28,29,30)/t13-,15+,16-/m1/s1. The topological polar surface area (TPSA) is 128 Å². The summed E-state index contributed by atoms with van der Waals surface area (Å²) in [5.41, 5.74) is -0.867. The van der Waals surface area contributed by atoms with Crippen molar-refractivity contribution in [3.8, 4) is 0 Å². The maximum absolute atomic E-state index is 14.9. The fourth-order valence-corrected chi connectivity index (χ4v) is 3.54. The molecule has 0 aromatic carbocycles. The molecular weight excluding hydrogens is 478 g/mol. The van der Waals surface area contributed by atoms with Crippen molar-refractivity contribution >= 4 is 23.5 Å². The Kier molecular flexibility index (Phi) is 6.80. The first-order chi connectivity index (χ1) is 16.6. The minimum absolute atomic E-state index is 0.000304. The molecule has 0 unspecified atom stereocenters. The molecule has 3 aromatic rings. The van der Waals surface area contributed by atoms with Crippen LogP contribution >= 0.6 is 0 Å². The zero-order valence-electron chi connectivity index (χ0n) is 18.9. The van der Waals surface area contributed by atoms with E-state index < -0.39 is 36.2 Å². The first-order valence-electron chi connectivity index (χ1n) is 10.5. The number of aromatic amines is 1. The van der Waals surface area contributed by atoms with Crippen LogP contribution in [0.5, 0.6) is 0 Å². The van der Waals surface area contributed by atoms with Crippen LogP contribution in [0, 0.1) is 0 Å². The van der Waals surface area contributed by atoms with Gasteiger partial charge in [0.1, 0.15) is 11.7 Å². The van der Waals surface area contributed by atoms with E-state index in [2.05, 4.69) is 30.8 Å². The summed E-state index contributed by atoms with van der Waals surface area (Å²) < 4.78 is 71.7. The highest BCUT2D eigenvalue weighted by Gasteiger charge is 2.42. The molecule has 3 N–H and O–H groups in total. The van der Waals surface area contributed by atoms with E-state index >= 15 is 0 Å². The summed E-state index contributed by atoms with van der Waals surface area (Å²) in [7, 11) is 1.40. The monoisotopic (exact) mass is 501 g/mol. The highest BCUT2D eigenvalue weighted by atomic mass is 19.4. The Morgan fingerprint density at radius 3 is 2.86 bits per heavy atom. The highest BCUT2D eigenvalue weighted by Crippen LogP contribution is 2.35. The van der Waals surface area contributed by atoms with Crippen molar-refractivity contribution in [2.75, 3.05) is 19.0 Å². The molecule has 0 spiro atoms. The maximum Gasteiger partial charge on any atom is 0.421 e. The predicted octanol–water partition coefficient (Wildman–Crippen LogP) is 3.27. The molecule has 3 aromatic heterocycles. The number of imidazole rings is 1. The summed E-state index contributed by atoms with van der Waals surface area (Å²) in [5.74, 6) is 0.143. The number of amides is 1. The van der Waals surface area contributed by atoms with Crippen LogP contribution in [-0.2, 0) is 27.0 Å². The Labute approximate surface area is 196 Å². The van der Waals surface area contributed by atoms with Gasteiger partial charge in [-0.1, -0.05) is 0 Å². The molecule has 0 radical (unpaired) electrons. The van der Waals surface area contributed by atoms with E-state index in [0.29, 0.717) is 6.20 Å². The number of fused-ring (bicyclic) bond motifs is 1. The Balaban J connectivity index is 1.52. The minimum atomic E-state index is -4.66. The molecule has 0 aliphatic carbocycles. The Hall–Kier alpha value is -3.46. The molecule has 1 amide bonds. The highest BCUT2D eigenvalue weighted by molar-refractivity contribution is 5.67. The number of ether oxygens (including phenoxy) is 3. The first kappa shape index (κ1) is 24.7. The zero-order chi connectivity index (χ0) is 25.3. The molecule has 190 valence electrons. The zero-order valence-corrected chi connectivity index (χ0v) is 18.9. The largest absolute Gasteiger partial charge is 0.441 e. The van der Waals surface area contributed by atoms with Crippen molar-refractivity contribution in [3.63, 3.8) is 0 Å². The van der Waals surface area contributed by atoms with Crippen molar-refractivity contribution in [1.82, 2.24) is 29.9 Å². The van der Waals surface area contributed by atoms with Crippen LogP contribution in [-0.4, -0.2) is 62.7 Å². The van der Waals surface area contributed by atoms with E-state index in [-0.39, 0.29) is 48.1 Å². The fraction of sp³-hybridized carbons (Fsp3) is 0.500. The van der Waals surface area contributed by atoms with E-state index in [9.17, 15) is 22.4 Å². The summed E-state index contributed by atoms with van der Waals surface area (Å²) >= 11 is 0. The van der Waals surface area contributed by atoms with Gasteiger partial charge in [0.05, 0.1) is 24.6 Å². The molecule has 1 fully saturated rings. The van der Waals surface area contributed by atoms with Crippen molar-refractivity contribution in [3.05, 3.63) is 35.4 Å². The lowest BCUT2D eigenvalue weighted by Gasteiger charge is -2.16. The quantitative estimate of drug-likeness (QED) is 0.421. The number of methoxy groups -OCH3 is 1. The SMILES string of the molecule is COCc1cn2c(Nc3cc([C@H]4OC[C@@H](OC(=O)NC(C)C)[C@@H]4F)[nH]n3)ncc(C(F)(F)F)c2n1. The minimum Gasteiger partial charge on any atom is -0.441 e. The number of anilines is 2. The van der Waals surface area contributed by atoms with Gasteiger partial charge >= 0.3 is 12.3 Å². The lowest BCUT2D eigenvalue weighted by molar-refractivity contribution is -0.136. The maximum atomic E-state index is 14.9. The predicted molar refractivity (Wildman–Crippen MR) is 113 cm³/mol. The number of nitrogens with zero attached hydrogens (tertiary/aromatic N) is 4. The molecular formula is C20H23F4N7O4.